The number of carbonyl (C=O) groups is 2. The van der Waals surface area contributed by atoms with Crippen molar-refractivity contribution in [2.75, 3.05) is 25.5 Å². The number of methoxy groups -OCH3 is 1. The molecule has 1 aromatic rings. The first-order valence-electron chi connectivity index (χ1n) is 6.73. The van der Waals surface area contributed by atoms with Gasteiger partial charge in [-0.05, 0) is 32.0 Å². The number of ether oxygens (including phenoxy) is 1. The van der Waals surface area contributed by atoms with Gasteiger partial charge >= 0.3 is 5.97 Å². The van der Waals surface area contributed by atoms with Crippen molar-refractivity contribution in [1.29, 1.82) is 0 Å². The van der Waals surface area contributed by atoms with Crippen LogP contribution in [0.2, 0.25) is 5.02 Å². The lowest BCUT2D eigenvalue weighted by Crippen LogP contribution is -2.34. The van der Waals surface area contributed by atoms with Crippen LogP contribution in [-0.4, -0.2) is 37.0 Å². The predicted molar refractivity (Wildman–Crippen MR) is 83.1 cm³/mol. The Morgan fingerprint density at radius 2 is 2.00 bits per heavy atom. The number of rotatable bonds is 6. The highest BCUT2D eigenvalue weighted by atomic mass is 35.5. The Hall–Kier alpha value is -2.08. The maximum atomic E-state index is 13.1. The molecule has 0 radical (unpaired) electrons. The van der Waals surface area contributed by atoms with Crippen LogP contribution in [0.4, 0.5) is 10.1 Å². The standard InChI is InChI=1S/C15H18ClFN2O3/c1-4-19(5-2)14(20)11(15(21)22-3)9-18-10-6-7-13(17)12(16)8-10/h6-9,18H,4-5H2,1-3H3/b11-9+. The fourth-order valence-corrected chi connectivity index (χ4v) is 1.92. The molecule has 0 aliphatic carbocycles. The topological polar surface area (TPSA) is 58.6 Å². The molecule has 0 spiro atoms. The average molecular weight is 329 g/mol. The van der Waals surface area contributed by atoms with Gasteiger partial charge in [-0.1, -0.05) is 11.6 Å². The van der Waals surface area contributed by atoms with Crippen molar-refractivity contribution in [1.82, 2.24) is 4.90 Å². The maximum Gasteiger partial charge on any atom is 0.345 e. The molecule has 0 fully saturated rings. The van der Waals surface area contributed by atoms with E-state index >= 15 is 0 Å². The smallest absolute Gasteiger partial charge is 0.345 e. The van der Waals surface area contributed by atoms with Gasteiger partial charge in [-0.15, -0.1) is 0 Å². The largest absolute Gasteiger partial charge is 0.465 e. The fourth-order valence-electron chi connectivity index (χ4n) is 1.74. The third-order valence-corrected chi connectivity index (χ3v) is 3.28. The van der Waals surface area contributed by atoms with Gasteiger partial charge in [-0.2, -0.15) is 0 Å². The zero-order valence-electron chi connectivity index (χ0n) is 12.7. The Labute approximate surface area is 133 Å². The minimum atomic E-state index is -0.752. The molecule has 1 rings (SSSR count). The lowest BCUT2D eigenvalue weighted by molar-refractivity contribution is -0.140. The van der Waals surface area contributed by atoms with Crippen LogP contribution < -0.4 is 5.32 Å². The van der Waals surface area contributed by atoms with Crippen LogP contribution in [0.5, 0.6) is 0 Å². The second-order valence-corrected chi connectivity index (χ2v) is 4.71. The van der Waals surface area contributed by atoms with Gasteiger partial charge in [0.05, 0.1) is 12.1 Å². The highest BCUT2D eigenvalue weighted by Crippen LogP contribution is 2.19. The number of anilines is 1. The van der Waals surface area contributed by atoms with Crippen LogP contribution >= 0.6 is 11.6 Å². The number of amides is 1. The summed E-state index contributed by atoms with van der Waals surface area (Å²) in [6, 6.07) is 3.97. The van der Waals surface area contributed by atoms with Gasteiger partial charge in [0.2, 0.25) is 0 Å². The van der Waals surface area contributed by atoms with Crippen molar-refractivity contribution in [2.45, 2.75) is 13.8 Å². The Morgan fingerprint density at radius 3 is 2.50 bits per heavy atom. The number of carbonyl (C=O) groups excluding carboxylic acids is 2. The molecule has 1 N–H and O–H groups in total. The normalized spacial score (nSPS) is 11.0. The highest BCUT2D eigenvalue weighted by Gasteiger charge is 2.23. The van der Waals surface area contributed by atoms with E-state index in [1.165, 1.54) is 36.4 Å². The van der Waals surface area contributed by atoms with E-state index in [4.69, 9.17) is 11.6 Å². The van der Waals surface area contributed by atoms with E-state index in [1.54, 1.807) is 0 Å². The molecule has 1 amide bonds. The third kappa shape index (κ3) is 4.46. The first-order chi connectivity index (χ1) is 10.4. The summed E-state index contributed by atoms with van der Waals surface area (Å²) in [4.78, 5) is 25.5. The van der Waals surface area contributed by atoms with E-state index in [9.17, 15) is 14.0 Å². The van der Waals surface area contributed by atoms with E-state index in [0.717, 1.165) is 0 Å². The number of nitrogens with zero attached hydrogens (tertiary/aromatic N) is 1. The Morgan fingerprint density at radius 1 is 1.36 bits per heavy atom. The summed E-state index contributed by atoms with van der Waals surface area (Å²) in [5, 5.41) is 2.69. The summed E-state index contributed by atoms with van der Waals surface area (Å²) in [5.41, 5.74) is 0.298. The van der Waals surface area contributed by atoms with Gasteiger partial charge in [-0.3, -0.25) is 4.79 Å². The minimum Gasteiger partial charge on any atom is -0.465 e. The molecule has 22 heavy (non-hydrogen) atoms. The number of likely N-dealkylation sites (N-methyl/N-ethyl adjacent to an activating group) is 1. The van der Waals surface area contributed by atoms with Crippen molar-refractivity contribution in [3.05, 3.63) is 40.8 Å². The number of nitrogens with one attached hydrogen (secondary N) is 1. The van der Waals surface area contributed by atoms with E-state index in [1.807, 2.05) is 13.8 Å². The number of benzene rings is 1. The van der Waals surface area contributed by atoms with Gasteiger partial charge in [0.1, 0.15) is 11.4 Å². The van der Waals surface area contributed by atoms with Gasteiger partial charge in [-0.25, -0.2) is 9.18 Å². The van der Waals surface area contributed by atoms with Crippen molar-refractivity contribution >= 4 is 29.2 Å². The molecule has 0 saturated carbocycles. The molecule has 5 nitrogen and oxygen atoms in total. The van der Waals surface area contributed by atoms with Crippen molar-refractivity contribution in [3.63, 3.8) is 0 Å². The Bertz CT molecular complexity index is 586. The summed E-state index contributed by atoms with van der Waals surface area (Å²) >= 11 is 5.67. The summed E-state index contributed by atoms with van der Waals surface area (Å²) < 4.78 is 17.7. The van der Waals surface area contributed by atoms with Gasteiger partial charge in [0.25, 0.3) is 5.91 Å². The molecule has 1 aromatic carbocycles. The Balaban J connectivity index is 3.03. The van der Waals surface area contributed by atoms with E-state index in [0.29, 0.717) is 18.8 Å². The van der Waals surface area contributed by atoms with Gasteiger partial charge < -0.3 is 15.0 Å². The molecular formula is C15H18ClFN2O3. The lowest BCUT2D eigenvalue weighted by atomic mass is 10.2. The van der Waals surface area contributed by atoms with E-state index in [2.05, 4.69) is 10.1 Å². The summed E-state index contributed by atoms with van der Waals surface area (Å²) in [7, 11) is 1.19. The molecule has 0 saturated heterocycles. The SMILES string of the molecule is CCN(CC)C(=O)/C(=C\Nc1ccc(F)c(Cl)c1)C(=O)OC. The van der Waals surface area contributed by atoms with Gasteiger partial charge in [0.15, 0.2) is 0 Å². The number of halogens is 2. The second kappa shape index (κ2) is 8.38. The summed E-state index contributed by atoms with van der Waals surface area (Å²) in [6.07, 6.45) is 1.23. The van der Waals surface area contributed by atoms with Crippen molar-refractivity contribution < 1.29 is 18.7 Å². The first-order valence-corrected chi connectivity index (χ1v) is 7.11. The van der Waals surface area contributed by atoms with Crippen LogP contribution in [0.25, 0.3) is 0 Å². The van der Waals surface area contributed by atoms with Crippen LogP contribution in [0.1, 0.15) is 13.8 Å². The molecule has 0 aromatic heterocycles. The van der Waals surface area contributed by atoms with Gasteiger partial charge in [0, 0.05) is 25.0 Å². The molecule has 0 atom stereocenters. The minimum absolute atomic E-state index is 0.0620. The molecule has 120 valence electrons. The zero-order chi connectivity index (χ0) is 16.7. The monoisotopic (exact) mass is 328 g/mol. The quantitative estimate of drug-likeness (QED) is 0.377. The van der Waals surface area contributed by atoms with Crippen LogP contribution in [0.15, 0.2) is 30.0 Å². The second-order valence-electron chi connectivity index (χ2n) is 4.30. The lowest BCUT2D eigenvalue weighted by Gasteiger charge is -2.19. The molecule has 7 heteroatoms. The fraction of sp³-hybridized carbons (Fsp3) is 0.333. The summed E-state index contributed by atoms with van der Waals surface area (Å²) in [6.45, 7) is 4.55. The van der Waals surface area contributed by atoms with E-state index < -0.39 is 17.7 Å². The highest BCUT2D eigenvalue weighted by molar-refractivity contribution is 6.31. The number of hydrogen-bond donors (Lipinski definition) is 1. The van der Waals surface area contributed by atoms with Crippen LogP contribution in [0.3, 0.4) is 0 Å². The molecule has 0 unspecified atom stereocenters. The van der Waals surface area contributed by atoms with Crippen molar-refractivity contribution in [3.8, 4) is 0 Å². The van der Waals surface area contributed by atoms with Crippen molar-refractivity contribution in [2.24, 2.45) is 0 Å². The number of esters is 1. The molecular weight excluding hydrogens is 311 g/mol. The molecule has 0 heterocycles. The van der Waals surface area contributed by atoms with Crippen LogP contribution in [0, 0.1) is 5.82 Å². The third-order valence-electron chi connectivity index (χ3n) is 2.99. The molecule has 0 bridgehead atoms. The zero-order valence-corrected chi connectivity index (χ0v) is 13.4. The first kappa shape index (κ1) is 18.0. The molecule has 0 aliphatic rings. The number of hydrogen-bond acceptors (Lipinski definition) is 4. The van der Waals surface area contributed by atoms with E-state index in [-0.39, 0.29) is 10.6 Å². The van der Waals surface area contributed by atoms with Crippen LogP contribution in [-0.2, 0) is 14.3 Å². The average Bonchev–Trinajstić information content (AvgIpc) is 2.51. The predicted octanol–water partition coefficient (Wildman–Crippen LogP) is 2.82. The molecule has 0 aliphatic heterocycles. The maximum absolute atomic E-state index is 13.1. The Kier molecular flexibility index (Phi) is 6.85. The summed E-state index contributed by atoms with van der Waals surface area (Å²) in [5.74, 6) is -1.75.